The zero-order chi connectivity index (χ0) is 13.4. The van der Waals surface area contributed by atoms with Crippen LogP contribution < -0.4 is 9.47 Å². The molecule has 0 bridgehead atoms. The number of aromatic nitrogens is 2. The van der Waals surface area contributed by atoms with E-state index < -0.39 is 0 Å². The van der Waals surface area contributed by atoms with Gasteiger partial charge in [0.15, 0.2) is 11.5 Å². The van der Waals surface area contributed by atoms with E-state index in [4.69, 9.17) is 14.7 Å². The van der Waals surface area contributed by atoms with Gasteiger partial charge < -0.3 is 14.0 Å². The number of benzene rings is 1. The highest BCUT2D eigenvalue weighted by molar-refractivity contribution is 5.81. The summed E-state index contributed by atoms with van der Waals surface area (Å²) in [5, 5.41) is 8.79. The number of hydrogen-bond acceptors (Lipinski definition) is 4. The summed E-state index contributed by atoms with van der Waals surface area (Å²) in [6, 6.07) is 6.05. The fraction of sp³-hybridized carbons (Fsp3) is 0.429. The lowest BCUT2D eigenvalue weighted by molar-refractivity contribution is 0.174. The van der Waals surface area contributed by atoms with Gasteiger partial charge in [-0.1, -0.05) is 13.8 Å². The van der Waals surface area contributed by atoms with Crippen LogP contribution in [0.25, 0.3) is 11.0 Å². The first-order valence-corrected chi connectivity index (χ1v) is 6.37. The summed E-state index contributed by atoms with van der Waals surface area (Å²) < 4.78 is 12.9. The molecule has 0 spiro atoms. The number of hydrogen-bond donors (Lipinski definition) is 0. The van der Waals surface area contributed by atoms with Crippen LogP contribution in [0.3, 0.4) is 0 Å². The molecule has 0 aliphatic carbocycles. The summed E-state index contributed by atoms with van der Waals surface area (Å²) in [6.45, 7) is 5.12. The van der Waals surface area contributed by atoms with Crippen LogP contribution in [-0.4, -0.2) is 16.3 Å². The summed E-state index contributed by atoms with van der Waals surface area (Å²) >= 11 is 0. The minimum Gasteiger partial charge on any atom is -0.454 e. The van der Waals surface area contributed by atoms with E-state index in [9.17, 15) is 0 Å². The minimum absolute atomic E-state index is 0.261. The lowest BCUT2D eigenvalue weighted by Gasteiger charge is -2.09. The number of nitrogens with zero attached hydrogens (tertiary/aromatic N) is 3. The number of nitriles is 1. The summed E-state index contributed by atoms with van der Waals surface area (Å²) in [7, 11) is 0. The highest BCUT2D eigenvalue weighted by Crippen LogP contribution is 2.37. The van der Waals surface area contributed by atoms with E-state index in [0.717, 1.165) is 28.4 Å². The molecular formula is C14H15N3O2. The average Bonchev–Trinajstić information content (AvgIpc) is 2.97. The van der Waals surface area contributed by atoms with Crippen molar-refractivity contribution in [3.63, 3.8) is 0 Å². The second-order valence-corrected chi connectivity index (χ2v) is 4.88. The molecule has 1 aromatic carbocycles. The molecule has 0 N–H and O–H groups in total. The van der Waals surface area contributed by atoms with Gasteiger partial charge in [0.25, 0.3) is 0 Å². The van der Waals surface area contributed by atoms with Gasteiger partial charge in [0.05, 0.1) is 23.5 Å². The number of rotatable bonds is 3. The highest BCUT2D eigenvalue weighted by Gasteiger charge is 2.20. The molecule has 3 rings (SSSR count). The van der Waals surface area contributed by atoms with Crippen molar-refractivity contribution in [1.82, 2.24) is 9.55 Å². The van der Waals surface area contributed by atoms with Crippen LogP contribution >= 0.6 is 0 Å². The van der Waals surface area contributed by atoms with Gasteiger partial charge in [0.2, 0.25) is 6.79 Å². The fourth-order valence-corrected chi connectivity index (χ4v) is 2.37. The van der Waals surface area contributed by atoms with Crippen molar-refractivity contribution in [2.24, 2.45) is 0 Å². The topological polar surface area (TPSA) is 60.1 Å². The van der Waals surface area contributed by atoms with Crippen LogP contribution in [0.2, 0.25) is 0 Å². The van der Waals surface area contributed by atoms with Gasteiger partial charge in [0.1, 0.15) is 5.82 Å². The third-order valence-corrected chi connectivity index (χ3v) is 3.24. The molecule has 0 atom stereocenters. The molecule has 1 aliphatic rings. The largest absolute Gasteiger partial charge is 0.454 e. The first-order chi connectivity index (χ1) is 9.20. The Morgan fingerprint density at radius 3 is 2.79 bits per heavy atom. The van der Waals surface area contributed by atoms with Crippen molar-refractivity contribution in [2.75, 3.05) is 6.79 Å². The number of imidazole rings is 1. The van der Waals surface area contributed by atoms with E-state index in [1.165, 1.54) is 0 Å². The van der Waals surface area contributed by atoms with Crippen molar-refractivity contribution in [1.29, 1.82) is 5.26 Å². The first-order valence-electron chi connectivity index (χ1n) is 6.37. The third kappa shape index (κ3) is 1.89. The maximum Gasteiger partial charge on any atom is 0.231 e. The second-order valence-electron chi connectivity index (χ2n) is 4.88. The third-order valence-electron chi connectivity index (χ3n) is 3.24. The highest BCUT2D eigenvalue weighted by atomic mass is 16.7. The molecule has 0 radical (unpaired) electrons. The van der Waals surface area contributed by atoms with Crippen LogP contribution in [0.15, 0.2) is 12.1 Å². The Kier molecular flexibility index (Phi) is 2.79. The lowest BCUT2D eigenvalue weighted by Crippen LogP contribution is -2.05. The van der Waals surface area contributed by atoms with Gasteiger partial charge in [-0.3, -0.25) is 0 Å². The quantitative estimate of drug-likeness (QED) is 0.848. The number of fused-ring (bicyclic) bond motifs is 2. The van der Waals surface area contributed by atoms with Crippen LogP contribution in [0.4, 0.5) is 0 Å². The number of aryl methyl sites for hydroxylation is 1. The maximum atomic E-state index is 8.79. The van der Waals surface area contributed by atoms with Crippen molar-refractivity contribution in [3.8, 4) is 17.6 Å². The average molecular weight is 257 g/mol. The van der Waals surface area contributed by atoms with Gasteiger partial charge in [-0.15, -0.1) is 0 Å². The van der Waals surface area contributed by atoms with Crippen molar-refractivity contribution in [2.45, 2.75) is 32.7 Å². The van der Waals surface area contributed by atoms with Gasteiger partial charge in [-0.2, -0.15) is 5.26 Å². The zero-order valence-electron chi connectivity index (χ0n) is 11.0. The summed E-state index contributed by atoms with van der Waals surface area (Å²) in [5.74, 6) is 2.80. The summed E-state index contributed by atoms with van der Waals surface area (Å²) in [4.78, 5) is 4.66. The van der Waals surface area contributed by atoms with Crippen LogP contribution in [0, 0.1) is 11.3 Å². The van der Waals surface area contributed by atoms with E-state index >= 15 is 0 Å². The Hall–Kier alpha value is -2.22. The van der Waals surface area contributed by atoms with E-state index in [1.807, 2.05) is 12.1 Å². The Labute approximate surface area is 111 Å². The normalized spacial score (nSPS) is 13.2. The molecule has 19 heavy (non-hydrogen) atoms. The Balaban J connectivity index is 2.18. The summed E-state index contributed by atoms with van der Waals surface area (Å²) in [6.07, 6.45) is 0.472. The SMILES string of the molecule is CC(C)c1nc2cc3c(cc2n1CCC#N)OCO3. The van der Waals surface area contributed by atoms with E-state index in [1.54, 1.807) is 0 Å². The molecule has 5 heteroatoms. The van der Waals surface area contributed by atoms with Crippen molar-refractivity contribution in [3.05, 3.63) is 18.0 Å². The molecule has 1 aromatic heterocycles. The monoisotopic (exact) mass is 257 g/mol. The molecule has 5 nitrogen and oxygen atoms in total. The second kappa shape index (κ2) is 4.47. The van der Waals surface area contributed by atoms with Gasteiger partial charge in [-0.05, 0) is 0 Å². The molecule has 0 saturated carbocycles. The van der Waals surface area contributed by atoms with Gasteiger partial charge in [-0.25, -0.2) is 4.98 Å². The zero-order valence-corrected chi connectivity index (χ0v) is 11.0. The first kappa shape index (κ1) is 11.8. The van der Waals surface area contributed by atoms with Gasteiger partial charge in [0, 0.05) is 24.6 Å². The molecule has 0 saturated heterocycles. The fourth-order valence-electron chi connectivity index (χ4n) is 2.37. The smallest absolute Gasteiger partial charge is 0.231 e. The van der Waals surface area contributed by atoms with Crippen LogP contribution in [0.5, 0.6) is 11.5 Å². The predicted octanol–water partition coefficient (Wildman–Crippen LogP) is 2.80. The number of ether oxygens (including phenoxy) is 2. The molecule has 2 aromatic rings. The molecule has 0 fully saturated rings. The molecule has 2 heterocycles. The Morgan fingerprint density at radius 2 is 2.11 bits per heavy atom. The standard InChI is InChI=1S/C14H15N3O2/c1-9(2)14-16-10-6-12-13(19-8-18-12)7-11(10)17(14)5-3-4-15/h6-7,9H,3,5,8H2,1-2H3. The summed E-state index contributed by atoms with van der Waals surface area (Å²) in [5.41, 5.74) is 1.90. The van der Waals surface area contributed by atoms with E-state index in [0.29, 0.717) is 18.9 Å². The molecule has 98 valence electrons. The Bertz CT molecular complexity index is 667. The minimum atomic E-state index is 0.261. The molecule has 1 aliphatic heterocycles. The predicted molar refractivity (Wildman–Crippen MR) is 70.2 cm³/mol. The lowest BCUT2D eigenvalue weighted by atomic mass is 10.2. The van der Waals surface area contributed by atoms with Crippen LogP contribution in [0.1, 0.15) is 32.0 Å². The molecular weight excluding hydrogens is 242 g/mol. The van der Waals surface area contributed by atoms with E-state index in [-0.39, 0.29) is 6.79 Å². The Morgan fingerprint density at radius 1 is 1.37 bits per heavy atom. The van der Waals surface area contributed by atoms with Crippen molar-refractivity contribution >= 4 is 11.0 Å². The van der Waals surface area contributed by atoms with Crippen LogP contribution in [-0.2, 0) is 6.54 Å². The van der Waals surface area contributed by atoms with Crippen molar-refractivity contribution < 1.29 is 9.47 Å². The maximum absolute atomic E-state index is 8.79. The molecule has 0 unspecified atom stereocenters. The van der Waals surface area contributed by atoms with Gasteiger partial charge >= 0.3 is 0 Å². The molecule has 0 amide bonds. The van der Waals surface area contributed by atoms with E-state index in [2.05, 4.69) is 29.5 Å².